The van der Waals surface area contributed by atoms with Gasteiger partial charge in [-0.05, 0) is 37.6 Å². The van der Waals surface area contributed by atoms with E-state index in [4.69, 9.17) is 0 Å². The van der Waals surface area contributed by atoms with Crippen LogP contribution in [0.25, 0.3) is 0 Å². The third-order valence-electron chi connectivity index (χ3n) is 3.05. The average molecular weight is 286 g/mol. The Morgan fingerprint density at radius 2 is 1.90 bits per heavy atom. The molecule has 6 nitrogen and oxygen atoms in total. The van der Waals surface area contributed by atoms with Crippen molar-refractivity contribution in [2.75, 3.05) is 5.32 Å². The van der Waals surface area contributed by atoms with Gasteiger partial charge in [-0.2, -0.15) is 0 Å². The van der Waals surface area contributed by atoms with Gasteiger partial charge in [-0.1, -0.05) is 17.7 Å². The fourth-order valence-electron chi connectivity index (χ4n) is 2.01. The number of benzene rings is 2. The number of nitro groups is 1. The number of aromatic hydroxyl groups is 1. The number of nitrogens with one attached hydrogen (secondary N) is 1. The van der Waals surface area contributed by atoms with Gasteiger partial charge >= 0.3 is 0 Å². The van der Waals surface area contributed by atoms with Gasteiger partial charge in [-0.15, -0.1) is 0 Å². The summed E-state index contributed by atoms with van der Waals surface area (Å²) in [5, 5.41) is 23.0. The maximum absolute atomic E-state index is 12.2. The van der Waals surface area contributed by atoms with Crippen molar-refractivity contribution >= 4 is 17.3 Å². The van der Waals surface area contributed by atoms with Crippen molar-refractivity contribution in [1.82, 2.24) is 0 Å². The van der Waals surface area contributed by atoms with Crippen molar-refractivity contribution in [3.05, 3.63) is 63.2 Å². The second kappa shape index (κ2) is 5.62. The molecule has 0 saturated heterocycles. The Morgan fingerprint density at radius 3 is 2.52 bits per heavy atom. The van der Waals surface area contributed by atoms with Crippen LogP contribution in [0.2, 0.25) is 0 Å². The van der Waals surface area contributed by atoms with Crippen LogP contribution in [0.5, 0.6) is 5.75 Å². The zero-order chi connectivity index (χ0) is 15.6. The van der Waals surface area contributed by atoms with E-state index in [1.165, 1.54) is 6.07 Å². The Labute approximate surface area is 121 Å². The van der Waals surface area contributed by atoms with Crippen LogP contribution in [-0.2, 0) is 0 Å². The summed E-state index contributed by atoms with van der Waals surface area (Å²) in [5.74, 6) is -0.837. The molecule has 0 aromatic heterocycles. The summed E-state index contributed by atoms with van der Waals surface area (Å²) in [5.41, 5.74) is 1.94. The van der Waals surface area contributed by atoms with E-state index in [1.54, 1.807) is 6.07 Å². The summed E-state index contributed by atoms with van der Waals surface area (Å²) in [6, 6.07) is 8.82. The molecule has 0 unspecified atom stereocenters. The van der Waals surface area contributed by atoms with Crippen LogP contribution >= 0.6 is 0 Å². The number of hydrogen-bond donors (Lipinski definition) is 2. The number of carbonyl (C=O) groups excluding carboxylic acids is 1. The molecule has 0 bridgehead atoms. The van der Waals surface area contributed by atoms with Crippen LogP contribution in [0.1, 0.15) is 21.5 Å². The zero-order valence-corrected chi connectivity index (χ0v) is 11.6. The summed E-state index contributed by atoms with van der Waals surface area (Å²) in [4.78, 5) is 22.5. The van der Waals surface area contributed by atoms with Crippen LogP contribution in [0.4, 0.5) is 11.4 Å². The van der Waals surface area contributed by atoms with Gasteiger partial charge in [0.25, 0.3) is 11.6 Å². The van der Waals surface area contributed by atoms with E-state index in [0.717, 1.165) is 23.3 Å². The monoisotopic (exact) mass is 286 g/mol. The lowest BCUT2D eigenvalue weighted by atomic mass is 10.1. The standard InChI is InChI=1S/C15H14N2O4/c1-9-3-5-13(10(2)7-9)16-15(19)12-8-11(18)4-6-14(12)17(20)21/h3-8,18H,1-2H3,(H,16,19). The van der Waals surface area contributed by atoms with Gasteiger partial charge in [-0.25, -0.2) is 0 Å². The van der Waals surface area contributed by atoms with Crippen LogP contribution < -0.4 is 5.32 Å². The molecule has 2 aromatic rings. The minimum atomic E-state index is -0.656. The minimum absolute atomic E-state index is 0.181. The van der Waals surface area contributed by atoms with Crippen molar-refractivity contribution in [3.8, 4) is 5.75 Å². The molecule has 0 saturated carbocycles. The molecule has 0 aliphatic rings. The quantitative estimate of drug-likeness (QED) is 0.669. The summed E-state index contributed by atoms with van der Waals surface area (Å²) in [7, 11) is 0. The number of carbonyl (C=O) groups is 1. The number of phenols is 1. The lowest BCUT2D eigenvalue weighted by Crippen LogP contribution is -2.14. The highest BCUT2D eigenvalue weighted by Gasteiger charge is 2.21. The predicted octanol–water partition coefficient (Wildman–Crippen LogP) is 3.17. The third-order valence-corrected chi connectivity index (χ3v) is 3.05. The smallest absolute Gasteiger partial charge is 0.282 e. The van der Waals surface area contributed by atoms with Crippen molar-refractivity contribution in [3.63, 3.8) is 0 Å². The summed E-state index contributed by atoms with van der Waals surface area (Å²) in [6.45, 7) is 3.76. The molecule has 0 aliphatic heterocycles. The van der Waals surface area contributed by atoms with E-state index >= 15 is 0 Å². The Balaban J connectivity index is 2.36. The molecule has 0 fully saturated rings. The number of nitrogens with zero attached hydrogens (tertiary/aromatic N) is 1. The Kier molecular flexibility index (Phi) is 3.89. The van der Waals surface area contributed by atoms with Crippen molar-refractivity contribution in [1.29, 1.82) is 0 Å². The highest BCUT2D eigenvalue weighted by molar-refractivity contribution is 6.07. The van der Waals surface area contributed by atoms with E-state index in [1.807, 2.05) is 26.0 Å². The van der Waals surface area contributed by atoms with E-state index in [0.29, 0.717) is 5.69 Å². The van der Waals surface area contributed by atoms with Gasteiger partial charge < -0.3 is 10.4 Å². The average Bonchev–Trinajstić information content (AvgIpc) is 2.41. The molecular weight excluding hydrogens is 272 g/mol. The van der Waals surface area contributed by atoms with Crippen LogP contribution in [0.15, 0.2) is 36.4 Å². The van der Waals surface area contributed by atoms with Gasteiger partial charge in [0, 0.05) is 11.8 Å². The number of nitro benzene ring substituents is 1. The first-order valence-corrected chi connectivity index (χ1v) is 6.24. The summed E-state index contributed by atoms with van der Waals surface area (Å²) < 4.78 is 0. The Bertz CT molecular complexity index is 726. The molecule has 108 valence electrons. The fraction of sp³-hybridized carbons (Fsp3) is 0.133. The summed E-state index contributed by atoms with van der Waals surface area (Å²) in [6.07, 6.45) is 0. The van der Waals surface area contributed by atoms with Gasteiger partial charge in [0.15, 0.2) is 0 Å². The first kappa shape index (κ1) is 14.5. The van der Waals surface area contributed by atoms with Gasteiger partial charge in [-0.3, -0.25) is 14.9 Å². The molecule has 2 rings (SSSR count). The molecule has 21 heavy (non-hydrogen) atoms. The molecule has 0 aliphatic carbocycles. The molecule has 2 N–H and O–H groups in total. The number of hydrogen-bond acceptors (Lipinski definition) is 4. The second-order valence-corrected chi connectivity index (χ2v) is 4.73. The van der Waals surface area contributed by atoms with E-state index in [9.17, 15) is 20.0 Å². The lowest BCUT2D eigenvalue weighted by Gasteiger charge is -2.09. The van der Waals surface area contributed by atoms with E-state index < -0.39 is 10.8 Å². The number of aryl methyl sites for hydroxylation is 2. The highest BCUT2D eigenvalue weighted by atomic mass is 16.6. The fourth-order valence-corrected chi connectivity index (χ4v) is 2.01. The second-order valence-electron chi connectivity index (χ2n) is 4.73. The molecular formula is C15H14N2O4. The topological polar surface area (TPSA) is 92.5 Å². The predicted molar refractivity (Wildman–Crippen MR) is 78.6 cm³/mol. The number of anilines is 1. The SMILES string of the molecule is Cc1ccc(NC(=O)c2cc(O)ccc2[N+](=O)[O-])c(C)c1. The summed E-state index contributed by atoms with van der Waals surface area (Å²) >= 11 is 0. The zero-order valence-electron chi connectivity index (χ0n) is 11.6. The van der Waals surface area contributed by atoms with Crippen molar-refractivity contribution in [2.45, 2.75) is 13.8 Å². The van der Waals surface area contributed by atoms with Crippen LogP contribution in [0, 0.1) is 24.0 Å². The molecule has 0 atom stereocenters. The maximum Gasteiger partial charge on any atom is 0.282 e. The maximum atomic E-state index is 12.2. The molecule has 2 aromatic carbocycles. The number of phenolic OH excluding ortho intramolecular Hbond substituents is 1. The first-order chi connectivity index (χ1) is 9.88. The Hall–Kier alpha value is -2.89. The number of amides is 1. The molecule has 0 spiro atoms. The van der Waals surface area contributed by atoms with E-state index in [-0.39, 0.29) is 17.0 Å². The van der Waals surface area contributed by atoms with Crippen molar-refractivity contribution in [2.24, 2.45) is 0 Å². The van der Waals surface area contributed by atoms with Gasteiger partial charge in [0.05, 0.1) is 4.92 Å². The van der Waals surface area contributed by atoms with Gasteiger partial charge in [0.2, 0.25) is 0 Å². The molecule has 6 heteroatoms. The van der Waals surface area contributed by atoms with Crippen molar-refractivity contribution < 1.29 is 14.8 Å². The van der Waals surface area contributed by atoms with Crippen LogP contribution in [0.3, 0.4) is 0 Å². The highest BCUT2D eigenvalue weighted by Crippen LogP contribution is 2.25. The third kappa shape index (κ3) is 3.17. The molecule has 1 amide bonds. The largest absolute Gasteiger partial charge is 0.508 e. The van der Waals surface area contributed by atoms with E-state index in [2.05, 4.69) is 5.32 Å². The molecule has 0 heterocycles. The van der Waals surface area contributed by atoms with Crippen LogP contribution in [-0.4, -0.2) is 15.9 Å². The van der Waals surface area contributed by atoms with Gasteiger partial charge in [0.1, 0.15) is 11.3 Å². The normalized spacial score (nSPS) is 10.2. The lowest BCUT2D eigenvalue weighted by molar-refractivity contribution is -0.385. The molecule has 0 radical (unpaired) electrons. The minimum Gasteiger partial charge on any atom is -0.508 e. The first-order valence-electron chi connectivity index (χ1n) is 6.24. The number of rotatable bonds is 3. The Morgan fingerprint density at radius 1 is 1.19 bits per heavy atom.